The SMILES string of the molecule is C1CCOC1.C1CCOC1.C1CCOC1.CC(C)(C)[P@]([P-][Si](C)(C)C)c1ccccc1.[Li+]. The maximum Gasteiger partial charge on any atom is 1.00 e. The largest absolute Gasteiger partial charge is 1.00 e. The van der Waals surface area contributed by atoms with Crippen LogP contribution in [0.1, 0.15) is 59.3 Å². The molecule has 1 aromatic carbocycles. The van der Waals surface area contributed by atoms with Crippen molar-refractivity contribution < 1.29 is 33.1 Å². The third kappa shape index (κ3) is 18.1. The van der Waals surface area contributed by atoms with Crippen molar-refractivity contribution in [1.29, 1.82) is 0 Å². The van der Waals surface area contributed by atoms with Crippen LogP contribution < -0.4 is 24.2 Å². The molecule has 0 aromatic heterocycles. The maximum absolute atomic E-state index is 4.94. The predicted octanol–water partition coefficient (Wildman–Crippen LogP) is 4.68. The molecule has 0 spiro atoms. The van der Waals surface area contributed by atoms with Crippen LogP contribution in [0.4, 0.5) is 0 Å². The van der Waals surface area contributed by atoms with E-state index in [0.717, 1.165) is 39.6 Å². The molecule has 0 saturated carbocycles. The Labute approximate surface area is 215 Å². The second-order valence-corrected chi connectivity index (χ2v) is 24.7. The molecule has 0 radical (unpaired) electrons. The van der Waals surface area contributed by atoms with Crippen molar-refractivity contribution in [2.75, 3.05) is 39.6 Å². The molecule has 0 amide bonds. The van der Waals surface area contributed by atoms with Gasteiger partial charge in [-0.3, -0.25) is 0 Å². The summed E-state index contributed by atoms with van der Waals surface area (Å²) in [6.45, 7) is 20.6. The van der Waals surface area contributed by atoms with Crippen molar-refractivity contribution in [3.8, 4) is 0 Å². The first kappa shape index (κ1) is 32.8. The normalized spacial score (nSPS) is 19.1. The molecule has 7 heteroatoms. The Morgan fingerprint density at radius 3 is 1.25 bits per heavy atom. The fraction of sp³-hybridized carbons (Fsp3) is 0.760. The van der Waals surface area contributed by atoms with E-state index in [0.29, 0.717) is 5.16 Å². The minimum Gasteiger partial charge on any atom is -0.503 e. The average molecular weight is 493 g/mol. The number of benzene rings is 1. The third-order valence-corrected chi connectivity index (χ3v) is 19.5. The van der Waals surface area contributed by atoms with E-state index in [1.54, 1.807) is 13.1 Å². The minimum absolute atomic E-state index is 0. The molecule has 0 aliphatic carbocycles. The maximum atomic E-state index is 4.94. The molecule has 3 fully saturated rings. The van der Waals surface area contributed by atoms with Crippen molar-refractivity contribution in [2.45, 2.75) is 84.1 Å². The third-order valence-electron chi connectivity index (χ3n) is 4.52. The van der Waals surface area contributed by atoms with Gasteiger partial charge in [-0.25, -0.2) is 7.61 Å². The van der Waals surface area contributed by atoms with E-state index in [9.17, 15) is 0 Å². The van der Waals surface area contributed by atoms with Gasteiger partial charge in [-0.2, -0.15) is 0 Å². The summed E-state index contributed by atoms with van der Waals surface area (Å²) in [5, 5.41) is 1.98. The zero-order valence-corrected chi connectivity index (χ0v) is 24.8. The van der Waals surface area contributed by atoms with Gasteiger partial charge in [0.15, 0.2) is 0 Å². The van der Waals surface area contributed by atoms with E-state index in [-0.39, 0.29) is 26.5 Å². The quantitative estimate of drug-likeness (QED) is 0.453. The van der Waals surface area contributed by atoms with Crippen LogP contribution >= 0.6 is 15.4 Å². The second-order valence-electron chi connectivity index (χ2n) is 10.0. The molecular weight excluding hydrogens is 445 g/mol. The van der Waals surface area contributed by atoms with E-state index in [1.807, 2.05) is 0 Å². The number of hydrogen-bond acceptors (Lipinski definition) is 3. The van der Waals surface area contributed by atoms with E-state index in [1.165, 1.54) is 38.5 Å². The molecular formula is C25H47LiO3P2Si. The van der Waals surface area contributed by atoms with Gasteiger partial charge in [-0.15, -0.1) is 0 Å². The van der Waals surface area contributed by atoms with Crippen molar-refractivity contribution in [3.05, 3.63) is 30.3 Å². The molecule has 180 valence electrons. The Balaban J connectivity index is 0.000000482. The van der Waals surface area contributed by atoms with E-state index < -0.39 is 7.74 Å². The van der Waals surface area contributed by atoms with Gasteiger partial charge in [0.1, 0.15) is 0 Å². The van der Waals surface area contributed by atoms with Crippen molar-refractivity contribution in [1.82, 2.24) is 0 Å². The second kappa shape index (κ2) is 19.0. The monoisotopic (exact) mass is 492 g/mol. The summed E-state index contributed by atoms with van der Waals surface area (Å²) in [4.78, 5) is 0. The molecule has 32 heavy (non-hydrogen) atoms. The van der Waals surface area contributed by atoms with Crippen molar-refractivity contribution in [2.24, 2.45) is 0 Å². The van der Waals surface area contributed by atoms with Gasteiger partial charge >= 0.3 is 18.9 Å². The summed E-state index contributed by atoms with van der Waals surface area (Å²) in [5.41, 5.74) is 0. The van der Waals surface area contributed by atoms with Crippen LogP contribution in [0.2, 0.25) is 19.6 Å². The summed E-state index contributed by atoms with van der Waals surface area (Å²) in [6, 6.07) is 11.1. The standard InChI is InChI=1S/C13H23P2Si.3C4H8O.Li/c1-13(2,3)15(14-16(4,5)6)12-10-8-7-9-11-12;3*1-2-4-5-3-1;/h7-11H,1-6H3;3*1-4H2;/q-1;;;;+1/t15-;;;;/m1..../s1. The van der Waals surface area contributed by atoms with Crippen LogP contribution in [-0.4, -0.2) is 52.5 Å². The molecule has 0 N–H and O–H groups in total. The van der Waals surface area contributed by atoms with Gasteiger partial charge < -0.3 is 22.0 Å². The van der Waals surface area contributed by atoms with Gasteiger partial charge in [0, 0.05) is 39.6 Å². The summed E-state index contributed by atoms with van der Waals surface area (Å²) in [5.74, 6) is 0. The Morgan fingerprint density at radius 1 is 0.688 bits per heavy atom. The first-order chi connectivity index (χ1) is 14.7. The summed E-state index contributed by atoms with van der Waals surface area (Å²) in [6.07, 6.45) is 7.67. The fourth-order valence-electron chi connectivity index (χ4n) is 3.00. The summed E-state index contributed by atoms with van der Waals surface area (Å²) >= 11 is 0. The molecule has 0 bridgehead atoms. The van der Waals surface area contributed by atoms with Crippen LogP contribution in [0.3, 0.4) is 0 Å². The van der Waals surface area contributed by atoms with Crippen LogP contribution in [0.15, 0.2) is 30.3 Å². The molecule has 1 aromatic rings. The first-order valence-corrected chi connectivity index (χ1v) is 19.3. The van der Waals surface area contributed by atoms with Crippen LogP contribution in [0, 0.1) is 0 Å². The van der Waals surface area contributed by atoms with Gasteiger partial charge in [0.2, 0.25) is 0 Å². The Bertz CT molecular complexity index is 492. The average Bonchev–Trinajstić information content (AvgIpc) is 3.51. The Hall–Kier alpha value is 0.774. The van der Waals surface area contributed by atoms with Crippen molar-refractivity contribution in [3.63, 3.8) is 0 Å². The molecule has 4 rings (SSSR count). The zero-order chi connectivity index (χ0) is 23.0. The number of rotatable bonds is 3. The van der Waals surface area contributed by atoms with E-state index >= 15 is 0 Å². The van der Waals surface area contributed by atoms with Crippen molar-refractivity contribution >= 4 is 28.5 Å². The minimum atomic E-state index is -1.01. The Kier molecular flexibility index (Phi) is 19.5. The zero-order valence-electron chi connectivity index (χ0n) is 22.0. The van der Waals surface area contributed by atoms with Gasteiger partial charge in [0.25, 0.3) is 0 Å². The van der Waals surface area contributed by atoms with Gasteiger partial charge in [-0.05, 0) is 43.7 Å². The van der Waals surface area contributed by atoms with Crippen LogP contribution in [0.25, 0.3) is 0 Å². The molecule has 3 nitrogen and oxygen atoms in total. The molecule has 0 unspecified atom stereocenters. The molecule has 3 aliphatic rings. The van der Waals surface area contributed by atoms with Crippen LogP contribution in [-0.2, 0) is 14.2 Å². The van der Waals surface area contributed by atoms with Gasteiger partial charge in [0.05, 0.1) is 0 Å². The Morgan fingerprint density at radius 2 is 1.03 bits per heavy atom. The predicted molar refractivity (Wildman–Crippen MR) is 143 cm³/mol. The van der Waals surface area contributed by atoms with Crippen LogP contribution in [0.5, 0.6) is 0 Å². The fourth-order valence-corrected chi connectivity index (χ4v) is 17.8. The molecule has 1 atom stereocenters. The van der Waals surface area contributed by atoms with E-state index in [2.05, 4.69) is 70.7 Å². The summed E-state index contributed by atoms with van der Waals surface area (Å²) < 4.78 is 14.8. The molecule has 3 heterocycles. The molecule has 3 saturated heterocycles. The van der Waals surface area contributed by atoms with E-state index in [4.69, 9.17) is 14.2 Å². The molecule has 3 aliphatic heterocycles. The van der Waals surface area contributed by atoms with Gasteiger partial charge in [-0.1, -0.05) is 83.8 Å². The summed E-state index contributed by atoms with van der Waals surface area (Å²) in [7, 11) is 0.653. The first-order valence-electron chi connectivity index (χ1n) is 12.0. The number of hydrogen-bond donors (Lipinski definition) is 0. The smallest absolute Gasteiger partial charge is 0.503 e. The topological polar surface area (TPSA) is 27.7 Å². The number of ether oxygens (including phenoxy) is 3.